The molecule has 4 rings (SSSR count). The number of amides is 1. The van der Waals surface area contributed by atoms with Crippen molar-refractivity contribution in [3.8, 4) is 5.69 Å². The van der Waals surface area contributed by atoms with Crippen LogP contribution in [-0.2, 0) is 11.3 Å². The molecule has 1 aliphatic heterocycles. The number of hydrogen-bond donors (Lipinski definition) is 1. The Morgan fingerprint density at radius 1 is 1.09 bits per heavy atom. The van der Waals surface area contributed by atoms with Gasteiger partial charge in [-0.2, -0.15) is 5.10 Å². The normalized spacial score (nSPS) is 14.7. The second kappa shape index (κ2) is 10.5. The van der Waals surface area contributed by atoms with Crippen LogP contribution in [0.15, 0.2) is 53.6 Å². The van der Waals surface area contributed by atoms with E-state index in [1.54, 1.807) is 18.3 Å². The van der Waals surface area contributed by atoms with Gasteiger partial charge < -0.3 is 9.30 Å². The Kier molecular flexibility index (Phi) is 7.50. The van der Waals surface area contributed by atoms with Gasteiger partial charge in [0.15, 0.2) is 0 Å². The monoisotopic (exact) mass is 484 g/mol. The van der Waals surface area contributed by atoms with E-state index in [-0.39, 0.29) is 5.91 Å². The fourth-order valence-corrected chi connectivity index (χ4v) is 4.32. The van der Waals surface area contributed by atoms with Crippen LogP contribution in [0.3, 0.4) is 0 Å². The average Bonchev–Trinajstić information content (AvgIpc) is 3.09. The summed E-state index contributed by atoms with van der Waals surface area (Å²) in [7, 11) is 0. The Morgan fingerprint density at radius 2 is 1.82 bits per heavy atom. The van der Waals surface area contributed by atoms with Gasteiger partial charge in [-0.3, -0.25) is 9.69 Å². The average molecular weight is 485 g/mol. The molecule has 1 saturated heterocycles. The highest BCUT2D eigenvalue weighted by Gasteiger charge is 2.14. The first-order valence-electron chi connectivity index (χ1n) is 10.8. The van der Waals surface area contributed by atoms with E-state index in [2.05, 4.69) is 15.4 Å². The summed E-state index contributed by atoms with van der Waals surface area (Å²) >= 11 is 12.5. The lowest BCUT2D eigenvalue weighted by atomic mass is 10.1. The summed E-state index contributed by atoms with van der Waals surface area (Å²) in [5.74, 6) is -0.254. The minimum Gasteiger partial charge on any atom is -0.379 e. The number of hydrogen-bond acceptors (Lipinski definition) is 4. The minimum absolute atomic E-state index is 0.254. The Balaban J connectivity index is 1.41. The van der Waals surface area contributed by atoms with Gasteiger partial charge in [0, 0.05) is 47.2 Å². The zero-order valence-electron chi connectivity index (χ0n) is 18.6. The molecule has 0 spiro atoms. The molecule has 2 aromatic carbocycles. The van der Waals surface area contributed by atoms with Crippen molar-refractivity contribution in [1.29, 1.82) is 0 Å². The third kappa shape index (κ3) is 5.65. The molecule has 3 aromatic rings. The van der Waals surface area contributed by atoms with E-state index in [0.717, 1.165) is 55.5 Å². The number of nitrogens with zero attached hydrogens (tertiary/aromatic N) is 3. The van der Waals surface area contributed by atoms with Crippen LogP contribution in [-0.4, -0.2) is 47.9 Å². The Morgan fingerprint density at radius 3 is 2.55 bits per heavy atom. The maximum atomic E-state index is 12.5. The number of halogens is 2. The number of aromatic nitrogens is 1. The first-order valence-corrected chi connectivity index (χ1v) is 11.5. The van der Waals surface area contributed by atoms with Gasteiger partial charge in [0.05, 0.1) is 30.1 Å². The van der Waals surface area contributed by atoms with Crippen LogP contribution in [0.5, 0.6) is 0 Å². The molecule has 172 valence electrons. The van der Waals surface area contributed by atoms with Gasteiger partial charge in [-0.05, 0) is 55.8 Å². The summed E-state index contributed by atoms with van der Waals surface area (Å²) in [5.41, 5.74) is 7.96. The molecule has 33 heavy (non-hydrogen) atoms. The second-order valence-corrected chi connectivity index (χ2v) is 8.89. The molecule has 1 aliphatic rings. The third-order valence-corrected chi connectivity index (χ3v) is 6.27. The lowest BCUT2D eigenvalue weighted by Crippen LogP contribution is -2.35. The Labute approximate surface area is 203 Å². The fraction of sp³-hybridized carbons (Fsp3) is 0.280. The second-order valence-electron chi connectivity index (χ2n) is 8.04. The zero-order chi connectivity index (χ0) is 23.4. The molecule has 0 saturated carbocycles. The van der Waals surface area contributed by atoms with Crippen LogP contribution >= 0.6 is 23.2 Å². The summed E-state index contributed by atoms with van der Waals surface area (Å²) < 4.78 is 7.40. The van der Waals surface area contributed by atoms with Gasteiger partial charge in [0.25, 0.3) is 5.91 Å². The number of nitrogens with one attached hydrogen (secondary N) is 1. The van der Waals surface area contributed by atoms with Gasteiger partial charge >= 0.3 is 0 Å². The van der Waals surface area contributed by atoms with Crippen LogP contribution in [0.2, 0.25) is 10.0 Å². The van der Waals surface area contributed by atoms with Gasteiger partial charge in [-0.15, -0.1) is 0 Å². The maximum absolute atomic E-state index is 12.5. The van der Waals surface area contributed by atoms with Crippen molar-refractivity contribution in [2.45, 2.75) is 20.4 Å². The minimum atomic E-state index is -0.254. The Bertz CT molecular complexity index is 1170. The molecule has 6 nitrogen and oxygen atoms in total. The van der Waals surface area contributed by atoms with Crippen molar-refractivity contribution in [3.05, 3.63) is 86.7 Å². The summed E-state index contributed by atoms with van der Waals surface area (Å²) in [4.78, 5) is 14.9. The van der Waals surface area contributed by atoms with Crippen molar-refractivity contribution in [2.24, 2.45) is 5.10 Å². The first-order chi connectivity index (χ1) is 15.9. The summed E-state index contributed by atoms with van der Waals surface area (Å²) in [6.45, 7) is 8.22. The van der Waals surface area contributed by atoms with Crippen molar-refractivity contribution in [2.75, 3.05) is 26.3 Å². The number of aryl methyl sites for hydroxylation is 1. The molecule has 1 N–H and O–H groups in total. The maximum Gasteiger partial charge on any atom is 0.271 e. The topological polar surface area (TPSA) is 58.9 Å². The van der Waals surface area contributed by atoms with Gasteiger partial charge in [-0.1, -0.05) is 35.3 Å². The van der Waals surface area contributed by atoms with E-state index in [4.69, 9.17) is 27.9 Å². The van der Waals surface area contributed by atoms with E-state index in [0.29, 0.717) is 15.6 Å². The molecule has 8 heteroatoms. The largest absolute Gasteiger partial charge is 0.379 e. The summed E-state index contributed by atoms with van der Waals surface area (Å²) in [5, 5.41) is 5.38. The van der Waals surface area contributed by atoms with Crippen molar-refractivity contribution >= 4 is 35.3 Å². The number of hydrazone groups is 1. The highest BCUT2D eigenvalue weighted by Crippen LogP contribution is 2.28. The van der Waals surface area contributed by atoms with Crippen LogP contribution in [0.25, 0.3) is 5.69 Å². The number of ether oxygens (including phenoxy) is 1. The highest BCUT2D eigenvalue weighted by molar-refractivity contribution is 6.34. The van der Waals surface area contributed by atoms with E-state index in [9.17, 15) is 4.79 Å². The van der Waals surface area contributed by atoms with Crippen LogP contribution in [0.1, 0.15) is 32.9 Å². The molecule has 0 radical (unpaired) electrons. The number of morpholine rings is 1. The van der Waals surface area contributed by atoms with E-state index in [1.807, 2.05) is 54.8 Å². The van der Waals surface area contributed by atoms with Gasteiger partial charge in [0.2, 0.25) is 0 Å². The van der Waals surface area contributed by atoms with Crippen molar-refractivity contribution in [1.82, 2.24) is 14.9 Å². The summed E-state index contributed by atoms with van der Waals surface area (Å²) in [6, 6.07) is 15.0. The first kappa shape index (κ1) is 23.5. The zero-order valence-corrected chi connectivity index (χ0v) is 20.2. The lowest BCUT2D eigenvalue weighted by molar-refractivity contribution is 0.0342. The van der Waals surface area contributed by atoms with Crippen molar-refractivity contribution < 1.29 is 9.53 Å². The van der Waals surface area contributed by atoms with Crippen molar-refractivity contribution in [3.63, 3.8) is 0 Å². The molecule has 2 heterocycles. The predicted octanol–water partition coefficient (Wildman–Crippen LogP) is 5.00. The van der Waals surface area contributed by atoms with E-state index < -0.39 is 0 Å². The Hall–Kier alpha value is -2.64. The molecule has 0 aliphatic carbocycles. The van der Waals surface area contributed by atoms with Crippen LogP contribution in [0.4, 0.5) is 0 Å². The quantitative estimate of drug-likeness (QED) is 0.395. The van der Waals surface area contributed by atoms with E-state index >= 15 is 0 Å². The standard InChI is InChI=1S/C25H26Cl2N4O2/c1-17-13-21(18(2)31(17)24-14-22(26)7-8-23(24)27)15-28-29-25(32)20-5-3-19(4-6-20)16-30-9-11-33-12-10-30/h3-8,13-15H,9-12,16H2,1-2H3,(H,29,32)/b28-15+. The third-order valence-electron chi connectivity index (χ3n) is 5.72. The summed E-state index contributed by atoms with van der Waals surface area (Å²) in [6.07, 6.45) is 1.64. The number of carbonyl (C=O) groups is 1. The smallest absolute Gasteiger partial charge is 0.271 e. The molecule has 1 aromatic heterocycles. The molecular weight excluding hydrogens is 459 g/mol. The van der Waals surface area contributed by atoms with Crippen LogP contribution in [0, 0.1) is 13.8 Å². The number of carbonyl (C=O) groups excluding carboxylic acids is 1. The molecular formula is C25H26Cl2N4O2. The fourth-order valence-electron chi connectivity index (χ4n) is 3.95. The highest BCUT2D eigenvalue weighted by atomic mass is 35.5. The lowest BCUT2D eigenvalue weighted by Gasteiger charge is -2.26. The number of benzene rings is 2. The predicted molar refractivity (Wildman–Crippen MR) is 133 cm³/mol. The van der Waals surface area contributed by atoms with Gasteiger partial charge in [-0.25, -0.2) is 5.43 Å². The molecule has 1 fully saturated rings. The molecule has 0 bridgehead atoms. The van der Waals surface area contributed by atoms with Crippen LogP contribution < -0.4 is 5.43 Å². The number of rotatable bonds is 6. The molecule has 0 atom stereocenters. The van der Waals surface area contributed by atoms with Gasteiger partial charge in [0.1, 0.15) is 0 Å². The SMILES string of the molecule is Cc1cc(/C=N/NC(=O)c2ccc(CN3CCOCC3)cc2)c(C)n1-c1cc(Cl)ccc1Cl. The molecule has 0 unspecified atom stereocenters. The molecule has 1 amide bonds. The van der Waals surface area contributed by atoms with E-state index in [1.165, 1.54) is 5.56 Å².